The number of ether oxygens (including phenoxy) is 1. The van der Waals surface area contributed by atoms with E-state index in [0.717, 1.165) is 12.1 Å². The van der Waals surface area contributed by atoms with Crippen LogP contribution in [0.2, 0.25) is 0 Å². The quantitative estimate of drug-likeness (QED) is 0.677. The largest absolute Gasteiger partial charge is 0.496 e. The van der Waals surface area contributed by atoms with E-state index in [0.29, 0.717) is 17.0 Å². The Balaban J connectivity index is 2.19. The fraction of sp³-hybridized carbons (Fsp3) is 0.143. The second-order valence-electron chi connectivity index (χ2n) is 4.24. The monoisotopic (exact) mass is 294 g/mol. The number of benzene rings is 2. The Morgan fingerprint density at radius 3 is 2.57 bits per heavy atom. The lowest BCUT2D eigenvalue weighted by atomic mass is 10.1. The molecule has 2 rings (SSSR count). The first kappa shape index (κ1) is 14.7. The molecule has 0 atom stereocenters. The summed E-state index contributed by atoms with van der Waals surface area (Å²) in [6.45, 7) is 0.177. The zero-order chi connectivity index (χ0) is 15.4. The molecule has 0 fully saturated rings. The highest BCUT2D eigenvalue weighted by atomic mass is 19.2. The van der Waals surface area contributed by atoms with Crippen molar-refractivity contribution in [2.45, 2.75) is 6.54 Å². The minimum absolute atomic E-state index is 0.0714. The molecule has 5 nitrogen and oxygen atoms in total. The molecule has 110 valence electrons. The van der Waals surface area contributed by atoms with Crippen LogP contribution in [0.3, 0.4) is 0 Å². The number of nitrogens with one attached hydrogen (secondary N) is 1. The predicted octanol–water partition coefficient (Wildman–Crippen LogP) is 3.49. The molecule has 0 heterocycles. The number of rotatable bonds is 5. The summed E-state index contributed by atoms with van der Waals surface area (Å²) in [7, 11) is 1.45. The number of nitrogens with zero attached hydrogens (tertiary/aromatic N) is 1. The molecule has 0 amide bonds. The fourth-order valence-corrected chi connectivity index (χ4v) is 1.82. The number of nitro groups is 1. The minimum atomic E-state index is -0.967. The molecule has 0 aromatic heterocycles. The molecule has 0 aliphatic carbocycles. The van der Waals surface area contributed by atoms with Gasteiger partial charge in [-0.05, 0) is 18.2 Å². The second kappa shape index (κ2) is 6.17. The lowest BCUT2D eigenvalue weighted by molar-refractivity contribution is -0.384. The molecule has 0 saturated heterocycles. The smallest absolute Gasteiger partial charge is 0.270 e. The van der Waals surface area contributed by atoms with Crippen molar-refractivity contribution in [3.05, 3.63) is 63.7 Å². The van der Waals surface area contributed by atoms with Crippen LogP contribution >= 0.6 is 0 Å². The molecule has 0 aliphatic heterocycles. The molecule has 0 saturated carbocycles. The van der Waals surface area contributed by atoms with Crippen LogP contribution in [0.5, 0.6) is 5.75 Å². The number of hydrogen-bond acceptors (Lipinski definition) is 4. The number of halogens is 2. The minimum Gasteiger partial charge on any atom is -0.496 e. The molecule has 0 unspecified atom stereocenters. The van der Waals surface area contributed by atoms with Gasteiger partial charge in [0.1, 0.15) is 5.75 Å². The molecule has 7 heteroatoms. The summed E-state index contributed by atoms with van der Waals surface area (Å²) in [5.74, 6) is -1.44. The zero-order valence-corrected chi connectivity index (χ0v) is 11.1. The topological polar surface area (TPSA) is 64.4 Å². The number of methoxy groups -OCH3 is 1. The van der Waals surface area contributed by atoms with Crippen LogP contribution < -0.4 is 10.1 Å². The summed E-state index contributed by atoms with van der Waals surface area (Å²) in [4.78, 5) is 10.2. The lowest BCUT2D eigenvalue weighted by Crippen LogP contribution is -2.03. The summed E-state index contributed by atoms with van der Waals surface area (Å²) in [5, 5.41) is 13.6. The van der Waals surface area contributed by atoms with Crippen LogP contribution in [0.25, 0.3) is 0 Å². The first-order valence-corrected chi connectivity index (χ1v) is 6.01. The van der Waals surface area contributed by atoms with Crippen LogP contribution in [-0.2, 0) is 6.54 Å². The van der Waals surface area contributed by atoms with Gasteiger partial charge >= 0.3 is 0 Å². The maximum atomic E-state index is 13.1. The van der Waals surface area contributed by atoms with Gasteiger partial charge in [-0.25, -0.2) is 8.78 Å². The van der Waals surface area contributed by atoms with Gasteiger partial charge in [0, 0.05) is 36.0 Å². The summed E-state index contributed by atoms with van der Waals surface area (Å²) in [6, 6.07) is 7.58. The van der Waals surface area contributed by atoms with Crippen molar-refractivity contribution in [2.75, 3.05) is 12.4 Å². The maximum Gasteiger partial charge on any atom is 0.270 e. The van der Waals surface area contributed by atoms with Crippen molar-refractivity contribution in [1.82, 2.24) is 0 Å². The fourth-order valence-electron chi connectivity index (χ4n) is 1.82. The van der Waals surface area contributed by atoms with Crippen molar-refractivity contribution in [1.29, 1.82) is 0 Å². The van der Waals surface area contributed by atoms with Crippen molar-refractivity contribution < 1.29 is 18.4 Å². The molecular weight excluding hydrogens is 282 g/mol. The van der Waals surface area contributed by atoms with E-state index in [-0.39, 0.29) is 12.2 Å². The van der Waals surface area contributed by atoms with Crippen molar-refractivity contribution in [3.63, 3.8) is 0 Å². The van der Waals surface area contributed by atoms with E-state index in [1.807, 2.05) is 0 Å². The van der Waals surface area contributed by atoms with Gasteiger partial charge in [-0.15, -0.1) is 0 Å². The molecule has 0 bridgehead atoms. The number of non-ortho nitro benzene ring substituents is 1. The van der Waals surface area contributed by atoms with E-state index in [1.165, 1.54) is 31.4 Å². The highest BCUT2D eigenvalue weighted by Crippen LogP contribution is 2.25. The summed E-state index contributed by atoms with van der Waals surface area (Å²) in [6.07, 6.45) is 0. The lowest BCUT2D eigenvalue weighted by Gasteiger charge is -2.10. The van der Waals surface area contributed by atoms with Gasteiger partial charge in [-0.2, -0.15) is 0 Å². The summed E-state index contributed by atoms with van der Waals surface area (Å²) < 4.78 is 31.0. The van der Waals surface area contributed by atoms with Gasteiger partial charge in [0.2, 0.25) is 0 Å². The standard InChI is InChI=1S/C14H12F2N2O3/c1-21-14-5-3-11(18(19)20)6-9(14)8-17-10-2-4-12(15)13(16)7-10/h2-7,17H,8H2,1H3. The maximum absolute atomic E-state index is 13.1. The predicted molar refractivity (Wildman–Crippen MR) is 73.3 cm³/mol. The Bertz CT molecular complexity index is 677. The van der Waals surface area contributed by atoms with Crippen LogP contribution in [0.4, 0.5) is 20.2 Å². The third-order valence-corrected chi connectivity index (χ3v) is 2.88. The summed E-state index contributed by atoms with van der Waals surface area (Å²) >= 11 is 0. The first-order valence-electron chi connectivity index (χ1n) is 6.01. The first-order chi connectivity index (χ1) is 10.0. The third-order valence-electron chi connectivity index (χ3n) is 2.88. The Hall–Kier alpha value is -2.70. The number of anilines is 1. The van der Waals surface area contributed by atoms with Crippen molar-refractivity contribution in [2.24, 2.45) is 0 Å². The molecule has 0 aliphatic rings. The number of hydrogen-bond donors (Lipinski definition) is 1. The molecule has 1 N–H and O–H groups in total. The van der Waals surface area contributed by atoms with Crippen LogP contribution in [-0.4, -0.2) is 12.0 Å². The zero-order valence-electron chi connectivity index (χ0n) is 11.1. The molecule has 0 spiro atoms. The molecule has 2 aromatic rings. The van der Waals surface area contributed by atoms with Gasteiger partial charge in [-0.1, -0.05) is 0 Å². The molecular formula is C14H12F2N2O3. The number of nitro benzene ring substituents is 1. The van der Waals surface area contributed by atoms with Gasteiger partial charge in [0.05, 0.1) is 12.0 Å². The highest BCUT2D eigenvalue weighted by molar-refractivity contribution is 5.48. The highest BCUT2D eigenvalue weighted by Gasteiger charge is 2.11. The van der Waals surface area contributed by atoms with Crippen LogP contribution in [0.15, 0.2) is 36.4 Å². The third kappa shape index (κ3) is 3.44. The average molecular weight is 294 g/mol. The molecule has 21 heavy (non-hydrogen) atoms. The van der Waals surface area contributed by atoms with Crippen molar-refractivity contribution >= 4 is 11.4 Å². The van der Waals surface area contributed by atoms with Gasteiger partial charge in [-0.3, -0.25) is 10.1 Å². The van der Waals surface area contributed by atoms with Crippen LogP contribution in [0.1, 0.15) is 5.56 Å². The van der Waals surface area contributed by atoms with Crippen LogP contribution in [0, 0.1) is 21.7 Å². The molecule has 0 radical (unpaired) electrons. The normalized spacial score (nSPS) is 10.2. The van der Waals surface area contributed by atoms with E-state index in [1.54, 1.807) is 0 Å². The Morgan fingerprint density at radius 1 is 1.19 bits per heavy atom. The summed E-state index contributed by atoms with van der Waals surface area (Å²) in [5.41, 5.74) is 0.830. The SMILES string of the molecule is COc1ccc([N+](=O)[O-])cc1CNc1ccc(F)c(F)c1. The Kier molecular flexibility index (Phi) is 4.32. The van der Waals surface area contributed by atoms with E-state index in [2.05, 4.69) is 5.32 Å². The van der Waals surface area contributed by atoms with Crippen molar-refractivity contribution in [3.8, 4) is 5.75 Å². The van der Waals surface area contributed by atoms with Gasteiger partial charge in [0.15, 0.2) is 11.6 Å². The van der Waals surface area contributed by atoms with Gasteiger partial charge in [0.25, 0.3) is 5.69 Å². The van der Waals surface area contributed by atoms with Gasteiger partial charge < -0.3 is 10.1 Å². The van der Waals surface area contributed by atoms with E-state index < -0.39 is 16.6 Å². The molecule has 2 aromatic carbocycles. The van der Waals surface area contributed by atoms with E-state index >= 15 is 0 Å². The Morgan fingerprint density at radius 2 is 1.95 bits per heavy atom. The second-order valence-corrected chi connectivity index (χ2v) is 4.24. The Labute approximate surface area is 119 Å². The van der Waals surface area contributed by atoms with E-state index in [4.69, 9.17) is 4.74 Å². The van der Waals surface area contributed by atoms with E-state index in [9.17, 15) is 18.9 Å². The average Bonchev–Trinajstić information content (AvgIpc) is 2.48.